The Hall–Kier alpha value is -6.06. The lowest BCUT2D eigenvalue weighted by molar-refractivity contribution is 0.769. The number of aliphatic imine (C=N–C) groups is 1. The van der Waals surface area contributed by atoms with Crippen molar-refractivity contribution in [2.24, 2.45) is 4.99 Å². The van der Waals surface area contributed by atoms with Gasteiger partial charge in [0, 0.05) is 16.3 Å². The Labute approximate surface area is 280 Å². The molecule has 228 valence electrons. The molecule has 0 saturated heterocycles. The van der Waals surface area contributed by atoms with Crippen LogP contribution in [0.25, 0.3) is 32.9 Å². The Morgan fingerprint density at radius 3 is 1.96 bits per heavy atom. The van der Waals surface area contributed by atoms with E-state index in [0.717, 1.165) is 33.8 Å². The molecule has 1 atom stereocenters. The predicted octanol–water partition coefficient (Wildman–Crippen LogP) is 10.4. The average Bonchev–Trinajstić information content (AvgIpc) is 3.64. The summed E-state index contributed by atoms with van der Waals surface area (Å²) in [4.78, 5) is 5.36. The van der Waals surface area contributed by atoms with Gasteiger partial charge in [0.2, 0.25) is 0 Å². The van der Waals surface area contributed by atoms with Crippen LogP contribution in [0.5, 0.6) is 0 Å². The number of hydrogen-bond donors (Lipinski definition) is 1. The summed E-state index contributed by atoms with van der Waals surface area (Å²) in [6.07, 6.45) is 9.22. The summed E-state index contributed by atoms with van der Waals surface area (Å²) in [5.41, 5.74) is 10.3. The number of nitrogens with zero attached hydrogens (tertiary/aromatic N) is 2. The number of fused-ring (bicyclic) bond motifs is 6. The molecule has 0 unspecified atom stereocenters. The molecule has 2 aliphatic carbocycles. The number of rotatable bonds is 5. The van der Waals surface area contributed by atoms with Crippen molar-refractivity contribution < 1.29 is 0 Å². The van der Waals surface area contributed by atoms with E-state index in [2.05, 4.69) is 150 Å². The molecule has 0 bridgehead atoms. The Balaban J connectivity index is 1.41. The van der Waals surface area contributed by atoms with Gasteiger partial charge >= 0.3 is 0 Å². The first kappa shape index (κ1) is 28.2. The van der Waals surface area contributed by atoms with E-state index in [1.807, 2.05) is 30.3 Å². The second kappa shape index (κ2) is 11.3. The number of benzene rings is 6. The lowest BCUT2D eigenvalue weighted by Gasteiger charge is -2.34. The van der Waals surface area contributed by atoms with Crippen LogP contribution in [-0.2, 0) is 5.41 Å². The Morgan fingerprint density at radius 1 is 0.604 bits per heavy atom. The molecule has 48 heavy (non-hydrogen) atoms. The van der Waals surface area contributed by atoms with Crippen LogP contribution in [-0.4, -0.2) is 22.2 Å². The number of allylic oxidation sites excluding steroid dienone is 2. The first-order valence-corrected chi connectivity index (χ1v) is 16.6. The molecule has 2 aliphatic rings. The molecule has 7 aromatic rings. The maximum absolute atomic E-state index is 9.64. The molecule has 0 saturated carbocycles. The maximum atomic E-state index is 9.64. The van der Waals surface area contributed by atoms with Crippen LogP contribution in [0.15, 0.2) is 181 Å². The van der Waals surface area contributed by atoms with E-state index in [9.17, 15) is 5.41 Å². The van der Waals surface area contributed by atoms with Gasteiger partial charge in [-0.2, -0.15) is 0 Å². The topological polar surface area (TPSA) is 41.1 Å². The molecule has 0 spiro atoms. The summed E-state index contributed by atoms with van der Waals surface area (Å²) in [6, 6.07) is 54.0. The smallest absolute Gasteiger partial charge is 0.159 e. The van der Waals surface area contributed by atoms with Gasteiger partial charge in [-0.3, -0.25) is 15.0 Å². The van der Waals surface area contributed by atoms with E-state index in [1.165, 1.54) is 33.4 Å². The van der Waals surface area contributed by atoms with E-state index >= 15 is 0 Å². The zero-order valence-corrected chi connectivity index (χ0v) is 26.4. The highest BCUT2D eigenvalue weighted by atomic mass is 15.1. The van der Waals surface area contributed by atoms with Gasteiger partial charge in [-0.1, -0.05) is 158 Å². The van der Waals surface area contributed by atoms with E-state index in [1.54, 1.807) is 0 Å². The number of para-hydroxylation sites is 1. The standard InChI is InChI=1S/C45H33N3/c46-43(31-17-5-1-6-18-31)44(47-34-23-11-4-12-24-34)48-41-28-16-14-26-36(41)38-29-37-35-25-13-15-27-39(35)45(40(37)30-42(38)48,32-19-7-2-8-20-32)33-21-9-3-10-22-33/h1-23,25-30,34,46H,24H2/b46-43?,47-44+/t34-/m1/s1. The van der Waals surface area contributed by atoms with Crippen LogP contribution in [0.4, 0.5) is 0 Å². The summed E-state index contributed by atoms with van der Waals surface area (Å²) < 4.78 is 2.25. The number of hydrogen-bond acceptors (Lipinski definition) is 2. The van der Waals surface area contributed by atoms with Crippen LogP contribution in [0.3, 0.4) is 0 Å². The summed E-state index contributed by atoms with van der Waals surface area (Å²) in [7, 11) is 0. The third-order valence-electron chi connectivity index (χ3n) is 9.99. The normalized spacial score (nSPS) is 16.2. The molecule has 0 radical (unpaired) electrons. The number of aromatic nitrogens is 1. The monoisotopic (exact) mass is 615 g/mol. The SMILES string of the molecule is N=C(/C(=N\[C@@H]1C=CC=CC1)n1c2ccccc2c2cc3c(cc21)C(c1ccccc1)(c1ccccc1)c1ccccc1-3)c1ccccc1. The molecule has 0 amide bonds. The van der Waals surface area contributed by atoms with Crippen molar-refractivity contribution in [2.75, 3.05) is 0 Å². The summed E-state index contributed by atoms with van der Waals surface area (Å²) >= 11 is 0. The van der Waals surface area contributed by atoms with E-state index < -0.39 is 5.41 Å². The van der Waals surface area contributed by atoms with Crippen LogP contribution in [0.2, 0.25) is 0 Å². The van der Waals surface area contributed by atoms with Gasteiger partial charge in [-0.05, 0) is 58.0 Å². The largest absolute Gasteiger partial charge is 0.296 e. The van der Waals surface area contributed by atoms with Gasteiger partial charge in [0.05, 0.1) is 22.5 Å². The quantitative estimate of drug-likeness (QED) is 0.148. The molecule has 1 aromatic heterocycles. The predicted molar refractivity (Wildman–Crippen MR) is 200 cm³/mol. The minimum Gasteiger partial charge on any atom is -0.296 e. The van der Waals surface area contributed by atoms with Gasteiger partial charge in [0.25, 0.3) is 0 Å². The van der Waals surface area contributed by atoms with Gasteiger partial charge in [-0.25, -0.2) is 0 Å². The van der Waals surface area contributed by atoms with E-state index in [0.29, 0.717) is 11.5 Å². The van der Waals surface area contributed by atoms with Crippen LogP contribution >= 0.6 is 0 Å². The summed E-state index contributed by atoms with van der Waals surface area (Å²) in [5, 5.41) is 12.0. The Kier molecular flexibility index (Phi) is 6.65. The first-order valence-electron chi connectivity index (χ1n) is 16.6. The highest BCUT2D eigenvalue weighted by Crippen LogP contribution is 2.57. The van der Waals surface area contributed by atoms with Crippen molar-refractivity contribution >= 4 is 33.4 Å². The molecule has 6 aromatic carbocycles. The van der Waals surface area contributed by atoms with Crippen molar-refractivity contribution in [3.05, 3.63) is 204 Å². The molecule has 9 rings (SSSR count). The number of nitrogens with one attached hydrogen (secondary N) is 1. The van der Waals surface area contributed by atoms with Gasteiger partial charge in [0.15, 0.2) is 5.84 Å². The molecule has 1 heterocycles. The van der Waals surface area contributed by atoms with Crippen molar-refractivity contribution in [2.45, 2.75) is 17.9 Å². The Morgan fingerprint density at radius 2 is 1.25 bits per heavy atom. The third-order valence-corrected chi connectivity index (χ3v) is 9.99. The van der Waals surface area contributed by atoms with Crippen molar-refractivity contribution in [1.82, 2.24) is 4.57 Å². The minimum absolute atomic E-state index is 0.0586. The molecule has 3 nitrogen and oxygen atoms in total. The van der Waals surface area contributed by atoms with Crippen molar-refractivity contribution in [3.8, 4) is 11.1 Å². The second-order valence-electron chi connectivity index (χ2n) is 12.6. The third kappa shape index (κ3) is 4.21. The maximum Gasteiger partial charge on any atom is 0.159 e. The van der Waals surface area contributed by atoms with E-state index in [4.69, 9.17) is 4.99 Å². The van der Waals surface area contributed by atoms with Gasteiger partial charge < -0.3 is 0 Å². The van der Waals surface area contributed by atoms with Crippen LogP contribution in [0.1, 0.15) is 34.2 Å². The molecule has 0 fully saturated rings. The molecule has 3 heteroatoms. The lowest BCUT2D eigenvalue weighted by Crippen LogP contribution is -2.29. The van der Waals surface area contributed by atoms with Gasteiger partial charge in [0.1, 0.15) is 5.71 Å². The van der Waals surface area contributed by atoms with Crippen molar-refractivity contribution in [3.63, 3.8) is 0 Å². The highest BCUT2D eigenvalue weighted by molar-refractivity contribution is 6.49. The van der Waals surface area contributed by atoms with Crippen LogP contribution < -0.4 is 0 Å². The fourth-order valence-corrected chi connectivity index (χ4v) is 7.92. The Bertz CT molecular complexity index is 2390. The molecular weight excluding hydrogens is 583 g/mol. The van der Waals surface area contributed by atoms with Crippen LogP contribution in [0, 0.1) is 5.41 Å². The lowest BCUT2D eigenvalue weighted by atomic mass is 9.67. The molecule has 1 N–H and O–H groups in total. The zero-order valence-electron chi connectivity index (χ0n) is 26.4. The van der Waals surface area contributed by atoms with E-state index in [-0.39, 0.29) is 6.04 Å². The second-order valence-corrected chi connectivity index (χ2v) is 12.6. The fourth-order valence-electron chi connectivity index (χ4n) is 7.92. The summed E-state index contributed by atoms with van der Waals surface area (Å²) in [5.74, 6) is 0.651. The highest BCUT2D eigenvalue weighted by Gasteiger charge is 2.46. The summed E-state index contributed by atoms with van der Waals surface area (Å²) in [6.45, 7) is 0. The first-order chi connectivity index (χ1) is 23.7. The molecular formula is C45H33N3. The van der Waals surface area contributed by atoms with Gasteiger partial charge in [-0.15, -0.1) is 0 Å². The average molecular weight is 616 g/mol. The zero-order chi connectivity index (χ0) is 32.1. The van der Waals surface area contributed by atoms with Crippen molar-refractivity contribution in [1.29, 1.82) is 5.41 Å². The molecule has 0 aliphatic heterocycles. The fraction of sp³-hybridized carbons (Fsp3) is 0.0667. The minimum atomic E-state index is -0.523.